The summed E-state index contributed by atoms with van der Waals surface area (Å²) < 4.78 is 5.02. The molecule has 0 aromatic rings. The van der Waals surface area contributed by atoms with E-state index in [2.05, 4.69) is 15.1 Å². The van der Waals surface area contributed by atoms with Gasteiger partial charge in [-0.3, -0.25) is 14.6 Å². The average molecular weight is 298 g/mol. The van der Waals surface area contributed by atoms with Crippen LogP contribution in [0.15, 0.2) is 0 Å². The van der Waals surface area contributed by atoms with Crippen LogP contribution < -0.4 is 11.1 Å². The Morgan fingerprint density at radius 1 is 1.33 bits per heavy atom. The predicted molar refractivity (Wildman–Crippen MR) is 83.1 cm³/mol. The summed E-state index contributed by atoms with van der Waals surface area (Å²) in [5.74, 6) is -0.0980. The standard InChI is InChI=1S/C15H30N4O2/c1-2-21-15(20)12-18-8-4-13(5-9-18)19-10-7-17-11-14(19)3-6-16/h13-14,17H,2-12,16H2,1H3. The van der Waals surface area contributed by atoms with E-state index < -0.39 is 0 Å². The van der Waals surface area contributed by atoms with E-state index in [0.29, 0.717) is 25.2 Å². The average Bonchev–Trinajstić information content (AvgIpc) is 2.49. The Bertz CT molecular complexity index is 317. The number of carbonyl (C=O) groups is 1. The molecule has 1 unspecified atom stereocenters. The van der Waals surface area contributed by atoms with Gasteiger partial charge in [-0.1, -0.05) is 0 Å². The molecule has 0 saturated carbocycles. The number of nitrogens with two attached hydrogens (primary N) is 1. The van der Waals surface area contributed by atoms with Crippen LogP contribution >= 0.6 is 0 Å². The van der Waals surface area contributed by atoms with Crippen LogP contribution in [0.3, 0.4) is 0 Å². The lowest BCUT2D eigenvalue weighted by Crippen LogP contribution is -2.58. The van der Waals surface area contributed by atoms with Crippen molar-refractivity contribution in [2.24, 2.45) is 5.73 Å². The third-order valence-corrected chi connectivity index (χ3v) is 4.58. The smallest absolute Gasteiger partial charge is 0.320 e. The molecule has 2 aliphatic heterocycles. The molecule has 0 spiro atoms. The van der Waals surface area contributed by atoms with Crippen molar-refractivity contribution in [2.45, 2.75) is 38.3 Å². The third-order valence-electron chi connectivity index (χ3n) is 4.58. The minimum absolute atomic E-state index is 0.0980. The van der Waals surface area contributed by atoms with Crippen molar-refractivity contribution in [3.8, 4) is 0 Å². The Labute approximate surface area is 128 Å². The number of ether oxygens (including phenoxy) is 1. The van der Waals surface area contributed by atoms with E-state index in [0.717, 1.165) is 58.5 Å². The van der Waals surface area contributed by atoms with E-state index in [1.807, 2.05) is 6.92 Å². The highest BCUT2D eigenvalue weighted by molar-refractivity contribution is 5.71. The Morgan fingerprint density at radius 3 is 2.76 bits per heavy atom. The number of nitrogens with one attached hydrogen (secondary N) is 1. The Hall–Kier alpha value is -0.690. The van der Waals surface area contributed by atoms with Gasteiger partial charge >= 0.3 is 5.97 Å². The van der Waals surface area contributed by atoms with Crippen LogP contribution in [-0.4, -0.2) is 80.3 Å². The molecule has 2 saturated heterocycles. The molecule has 0 aliphatic carbocycles. The highest BCUT2D eigenvalue weighted by Gasteiger charge is 2.31. The molecular weight excluding hydrogens is 268 g/mol. The molecule has 2 heterocycles. The van der Waals surface area contributed by atoms with Crippen LogP contribution in [0.25, 0.3) is 0 Å². The van der Waals surface area contributed by atoms with Gasteiger partial charge in [-0.15, -0.1) is 0 Å². The normalized spacial score (nSPS) is 25.9. The number of hydrogen-bond acceptors (Lipinski definition) is 6. The van der Waals surface area contributed by atoms with Crippen LogP contribution in [0.4, 0.5) is 0 Å². The molecule has 21 heavy (non-hydrogen) atoms. The summed E-state index contributed by atoms with van der Waals surface area (Å²) in [5, 5.41) is 3.47. The fourth-order valence-electron chi connectivity index (χ4n) is 3.52. The van der Waals surface area contributed by atoms with Crippen molar-refractivity contribution < 1.29 is 9.53 Å². The van der Waals surface area contributed by atoms with Crippen molar-refractivity contribution in [1.29, 1.82) is 0 Å². The van der Waals surface area contributed by atoms with E-state index >= 15 is 0 Å². The van der Waals surface area contributed by atoms with Crippen molar-refractivity contribution in [2.75, 3.05) is 52.4 Å². The van der Waals surface area contributed by atoms with Crippen LogP contribution in [0.5, 0.6) is 0 Å². The first kappa shape index (κ1) is 16.7. The Balaban J connectivity index is 1.78. The first-order valence-corrected chi connectivity index (χ1v) is 8.29. The van der Waals surface area contributed by atoms with Crippen LogP contribution in [0.2, 0.25) is 0 Å². The molecule has 1 atom stereocenters. The number of esters is 1. The number of likely N-dealkylation sites (tertiary alicyclic amines) is 1. The molecule has 0 radical (unpaired) electrons. The second kappa shape index (κ2) is 8.68. The van der Waals surface area contributed by atoms with Crippen LogP contribution in [-0.2, 0) is 9.53 Å². The predicted octanol–water partition coefficient (Wildman–Crippen LogP) is -0.363. The summed E-state index contributed by atoms with van der Waals surface area (Å²) in [6, 6.07) is 1.22. The molecule has 2 fully saturated rings. The van der Waals surface area contributed by atoms with E-state index in [4.69, 9.17) is 10.5 Å². The van der Waals surface area contributed by atoms with Crippen molar-refractivity contribution >= 4 is 5.97 Å². The molecule has 0 aromatic heterocycles. The molecule has 0 bridgehead atoms. The van der Waals surface area contributed by atoms with Crippen LogP contribution in [0.1, 0.15) is 26.2 Å². The summed E-state index contributed by atoms with van der Waals surface area (Å²) in [5.41, 5.74) is 5.74. The molecular formula is C15H30N4O2. The van der Waals surface area contributed by atoms with E-state index in [1.165, 1.54) is 0 Å². The zero-order valence-electron chi connectivity index (χ0n) is 13.2. The molecule has 6 heteroatoms. The minimum atomic E-state index is -0.0980. The topological polar surface area (TPSA) is 70.8 Å². The first-order valence-electron chi connectivity index (χ1n) is 8.29. The number of piperidine rings is 1. The fraction of sp³-hybridized carbons (Fsp3) is 0.933. The zero-order valence-corrected chi connectivity index (χ0v) is 13.2. The lowest BCUT2D eigenvalue weighted by Gasteiger charge is -2.44. The maximum Gasteiger partial charge on any atom is 0.320 e. The van der Waals surface area contributed by atoms with E-state index in [-0.39, 0.29) is 5.97 Å². The number of rotatable bonds is 6. The van der Waals surface area contributed by atoms with Gasteiger partial charge in [0, 0.05) is 44.8 Å². The molecule has 6 nitrogen and oxygen atoms in total. The van der Waals surface area contributed by atoms with Gasteiger partial charge in [0.1, 0.15) is 0 Å². The molecule has 3 N–H and O–H groups in total. The monoisotopic (exact) mass is 298 g/mol. The van der Waals surface area contributed by atoms with Crippen molar-refractivity contribution in [1.82, 2.24) is 15.1 Å². The van der Waals surface area contributed by atoms with Gasteiger partial charge in [-0.05, 0) is 32.7 Å². The van der Waals surface area contributed by atoms with Gasteiger partial charge < -0.3 is 15.8 Å². The summed E-state index contributed by atoms with van der Waals surface area (Å²) in [6.07, 6.45) is 3.34. The molecule has 2 rings (SSSR count). The highest BCUT2D eigenvalue weighted by Crippen LogP contribution is 2.21. The second-order valence-electron chi connectivity index (χ2n) is 5.99. The molecule has 0 aromatic carbocycles. The third kappa shape index (κ3) is 4.92. The lowest BCUT2D eigenvalue weighted by molar-refractivity contribution is -0.144. The van der Waals surface area contributed by atoms with Gasteiger partial charge in [-0.25, -0.2) is 0 Å². The summed E-state index contributed by atoms with van der Waals surface area (Å²) in [7, 11) is 0. The second-order valence-corrected chi connectivity index (χ2v) is 5.99. The van der Waals surface area contributed by atoms with E-state index in [1.54, 1.807) is 0 Å². The summed E-state index contributed by atoms with van der Waals surface area (Å²) >= 11 is 0. The van der Waals surface area contributed by atoms with Crippen molar-refractivity contribution in [3.05, 3.63) is 0 Å². The molecule has 2 aliphatic rings. The molecule has 0 amide bonds. The zero-order chi connectivity index (χ0) is 15.1. The minimum Gasteiger partial charge on any atom is -0.465 e. The van der Waals surface area contributed by atoms with Crippen molar-refractivity contribution in [3.63, 3.8) is 0 Å². The van der Waals surface area contributed by atoms with Crippen LogP contribution in [0, 0.1) is 0 Å². The number of piperazine rings is 1. The Kier molecular flexibility index (Phi) is 6.89. The summed E-state index contributed by atoms with van der Waals surface area (Å²) in [4.78, 5) is 16.4. The quantitative estimate of drug-likeness (QED) is 0.653. The van der Waals surface area contributed by atoms with Gasteiger partial charge in [0.2, 0.25) is 0 Å². The molecule has 122 valence electrons. The van der Waals surface area contributed by atoms with Gasteiger partial charge in [0.25, 0.3) is 0 Å². The van der Waals surface area contributed by atoms with E-state index in [9.17, 15) is 4.79 Å². The number of nitrogens with zero attached hydrogens (tertiary/aromatic N) is 2. The summed E-state index contributed by atoms with van der Waals surface area (Å²) in [6.45, 7) is 8.74. The van der Waals surface area contributed by atoms with Gasteiger partial charge in [-0.2, -0.15) is 0 Å². The van der Waals surface area contributed by atoms with Gasteiger partial charge in [0.15, 0.2) is 0 Å². The van der Waals surface area contributed by atoms with Gasteiger partial charge in [0.05, 0.1) is 13.2 Å². The number of carbonyl (C=O) groups excluding carboxylic acids is 1. The highest BCUT2D eigenvalue weighted by atomic mass is 16.5. The first-order chi connectivity index (χ1) is 10.2. The Morgan fingerprint density at radius 2 is 2.10 bits per heavy atom. The maximum absolute atomic E-state index is 11.5. The number of hydrogen-bond donors (Lipinski definition) is 2. The largest absolute Gasteiger partial charge is 0.465 e. The lowest BCUT2D eigenvalue weighted by atomic mass is 9.98. The maximum atomic E-state index is 11.5. The fourth-order valence-corrected chi connectivity index (χ4v) is 3.52. The SMILES string of the molecule is CCOC(=O)CN1CCC(N2CCNCC2CCN)CC1.